The molecule has 1 aromatic heterocycles. The van der Waals surface area contributed by atoms with Gasteiger partial charge >= 0.3 is 0 Å². The molecular weight excluding hydrogens is 452 g/mol. The van der Waals surface area contributed by atoms with Crippen LogP contribution in [0.25, 0.3) is 11.1 Å². The first-order chi connectivity index (χ1) is 15.4. The molecule has 168 valence electrons. The van der Waals surface area contributed by atoms with Crippen molar-refractivity contribution in [2.45, 2.75) is 32.0 Å². The molecule has 2 heterocycles. The van der Waals surface area contributed by atoms with E-state index in [1.165, 1.54) is 12.1 Å². The summed E-state index contributed by atoms with van der Waals surface area (Å²) in [6, 6.07) is 12.3. The Morgan fingerprint density at radius 2 is 1.81 bits per heavy atom. The van der Waals surface area contributed by atoms with Crippen LogP contribution in [0.4, 0.5) is 10.2 Å². The number of pyridine rings is 1. The number of nitrogen functional groups attached to an aromatic ring is 1. The number of hydrogen-bond acceptors (Lipinski definition) is 5. The number of nitrogens with one attached hydrogen (secondary N) is 1. The molecule has 8 heteroatoms. The fourth-order valence-corrected chi connectivity index (χ4v) is 4.38. The van der Waals surface area contributed by atoms with Crippen molar-refractivity contribution >= 4 is 29.0 Å². The van der Waals surface area contributed by atoms with E-state index in [-0.39, 0.29) is 16.9 Å². The molecule has 32 heavy (non-hydrogen) atoms. The number of rotatable bonds is 6. The van der Waals surface area contributed by atoms with Crippen LogP contribution >= 0.6 is 23.2 Å². The molecule has 1 fully saturated rings. The average Bonchev–Trinajstić information content (AvgIpc) is 2.79. The molecule has 3 N–H and O–H groups in total. The van der Waals surface area contributed by atoms with Gasteiger partial charge in [0.1, 0.15) is 23.8 Å². The largest absolute Gasteiger partial charge is 0.490 e. The molecule has 3 aromatic rings. The Bertz CT molecular complexity index is 1090. The first-order valence-corrected chi connectivity index (χ1v) is 11.2. The third-order valence-electron chi connectivity index (χ3n) is 5.45. The van der Waals surface area contributed by atoms with Crippen LogP contribution in [0, 0.1) is 5.82 Å². The zero-order chi connectivity index (χ0) is 22.7. The van der Waals surface area contributed by atoms with Gasteiger partial charge in [-0.05, 0) is 68.8 Å². The highest BCUT2D eigenvalue weighted by Gasteiger charge is 2.20. The highest BCUT2D eigenvalue weighted by atomic mass is 35.5. The third kappa shape index (κ3) is 5.09. The first-order valence-electron chi connectivity index (χ1n) is 10.5. The van der Waals surface area contributed by atoms with E-state index in [9.17, 15) is 4.39 Å². The number of nitrogens with two attached hydrogens (primary N) is 1. The number of ether oxygens (including phenoxy) is 2. The highest BCUT2D eigenvalue weighted by Crippen LogP contribution is 2.37. The molecule has 0 radical (unpaired) electrons. The molecule has 1 saturated heterocycles. The van der Waals surface area contributed by atoms with Gasteiger partial charge in [0.15, 0.2) is 11.6 Å². The van der Waals surface area contributed by atoms with Crippen LogP contribution in [0.5, 0.6) is 11.5 Å². The van der Waals surface area contributed by atoms with Crippen LogP contribution in [0.2, 0.25) is 10.0 Å². The maximum atomic E-state index is 13.9. The molecule has 1 atom stereocenters. The number of nitrogens with zero attached hydrogens (tertiary/aromatic N) is 1. The molecule has 5 nitrogen and oxygen atoms in total. The van der Waals surface area contributed by atoms with Gasteiger partial charge in [-0.2, -0.15) is 0 Å². The predicted octanol–water partition coefficient (Wildman–Crippen LogP) is 6.05. The Morgan fingerprint density at radius 3 is 2.53 bits per heavy atom. The van der Waals surface area contributed by atoms with Gasteiger partial charge in [0.25, 0.3) is 0 Å². The molecule has 1 aliphatic heterocycles. The zero-order valence-electron chi connectivity index (χ0n) is 17.6. The lowest BCUT2D eigenvalue weighted by atomic mass is 10.1. The zero-order valence-corrected chi connectivity index (χ0v) is 19.1. The smallest absolute Gasteiger partial charge is 0.166 e. The molecular formula is C24H24Cl2FN3O2. The number of hydrogen-bond donors (Lipinski definition) is 2. The Morgan fingerprint density at radius 1 is 1.09 bits per heavy atom. The van der Waals surface area contributed by atoms with Gasteiger partial charge in [0, 0.05) is 22.3 Å². The fraction of sp³-hybridized carbons (Fsp3) is 0.292. The van der Waals surface area contributed by atoms with Gasteiger partial charge < -0.3 is 20.5 Å². The van der Waals surface area contributed by atoms with Crippen molar-refractivity contribution in [3.05, 3.63) is 70.1 Å². The maximum absolute atomic E-state index is 13.9. The van der Waals surface area contributed by atoms with Gasteiger partial charge in [0.2, 0.25) is 0 Å². The minimum absolute atomic E-state index is 0.0722. The minimum Gasteiger partial charge on any atom is -0.490 e. The Hall–Kier alpha value is -2.54. The van der Waals surface area contributed by atoms with E-state index in [2.05, 4.69) is 10.3 Å². The summed E-state index contributed by atoms with van der Waals surface area (Å²) in [4.78, 5) is 4.26. The number of benzene rings is 2. The predicted molar refractivity (Wildman–Crippen MR) is 126 cm³/mol. The molecule has 0 aliphatic carbocycles. The lowest BCUT2D eigenvalue weighted by Gasteiger charge is -2.23. The van der Waals surface area contributed by atoms with Crippen molar-refractivity contribution < 1.29 is 13.9 Å². The number of halogens is 3. The van der Waals surface area contributed by atoms with E-state index in [0.717, 1.165) is 42.8 Å². The number of anilines is 1. The minimum atomic E-state index is -0.634. The summed E-state index contributed by atoms with van der Waals surface area (Å²) in [7, 11) is 0. The number of aromatic nitrogens is 1. The molecule has 0 bridgehead atoms. The van der Waals surface area contributed by atoms with Gasteiger partial charge in [-0.3, -0.25) is 0 Å². The van der Waals surface area contributed by atoms with Gasteiger partial charge in [0.05, 0.1) is 5.02 Å². The topological polar surface area (TPSA) is 69.4 Å². The molecule has 1 unspecified atom stereocenters. The van der Waals surface area contributed by atoms with Crippen LogP contribution < -0.4 is 20.5 Å². The van der Waals surface area contributed by atoms with Crippen LogP contribution in [-0.4, -0.2) is 24.2 Å². The van der Waals surface area contributed by atoms with Gasteiger partial charge in [-0.15, -0.1) is 0 Å². The Kier molecular flexibility index (Phi) is 7.04. The van der Waals surface area contributed by atoms with Crippen LogP contribution in [-0.2, 0) is 0 Å². The van der Waals surface area contributed by atoms with Crippen molar-refractivity contribution in [2.75, 3.05) is 18.8 Å². The first kappa shape index (κ1) is 22.6. The number of piperidine rings is 1. The van der Waals surface area contributed by atoms with Crippen LogP contribution in [0.15, 0.2) is 48.7 Å². The standard InChI is InChI=1S/C24H24Cl2FN3O2/c1-14(22-19(25)6-7-20(27)23(22)26)31-21-12-16(13-30-24(21)28)15-2-4-17(5-3-15)32-18-8-10-29-11-9-18/h2-7,12-14,18,29H,8-11H2,1H3,(H2,28,30). The third-order valence-corrected chi connectivity index (χ3v) is 6.16. The van der Waals surface area contributed by atoms with Gasteiger partial charge in [-0.1, -0.05) is 35.3 Å². The van der Waals surface area contributed by atoms with Crippen molar-refractivity contribution in [3.8, 4) is 22.6 Å². The second-order valence-corrected chi connectivity index (χ2v) is 8.50. The maximum Gasteiger partial charge on any atom is 0.166 e. The highest BCUT2D eigenvalue weighted by molar-refractivity contribution is 6.36. The summed E-state index contributed by atoms with van der Waals surface area (Å²) in [5.74, 6) is 0.856. The Labute approximate surface area is 196 Å². The van der Waals surface area contributed by atoms with Crippen molar-refractivity contribution in [2.24, 2.45) is 0 Å². The molecule has 0 saturated carbocycles. The lowest BCUT2D eigenvalue weighted by molar-refractivity contribution is 0.162. The van der Waals surface area contributed by atoms with E-state index in [1.54, 1.807) is 19.2 Å². The second-order valence-electron chi connectivity index (χ2n) is 7.72. The van der Waals surface area contributed by atoms with E-state index in [1.807, 2.05) is 24.3 Å². The second kappa shape index (κ2) is 9.94. The van der Waals surface area contributed by atoms with E-state index in [4.69, 9.17) is 38.4 Å². The quantitative estimate of drug-likeness (QED) is 0.424. The van der Waals surface area contributed by atoms with Crippen LogP contribution in [0.3, 0.4) is 0 Å². The Balaban J connectivity index is 1.52. The summed E-state index contributed by atoms with van der Waals surface area (Å²) in [5, 5.41) is 3.57. The molecule has 0 spiro atoms. The van der Waals surface area contributed by atoms with Crippen molar-refractivity contribution in [1.29, 1.82) is 0 Å². The molecule has 1 aliphatic rings. The SMILES string of the molecule is CC(Oc1cc(-c2ccc(OC3CCNCC3)cc2)cnc1N)c1c(Cl)ccc(F)c1Cl. The summed E-state index contributed by atoms with van der Waals surface area (Å²) in [5.41, 5.74) is 8.15. The summed E-state index contributed by atoms with van der Waals surface area (Å²) < 4.78 is 26.0. The lowest BCUT2D eigenvalue weighted by Crippen LogP contribution is -2.34. The van der Waals surface area contributed by atoms with E-state index < -0.39 is 11.9 Å². The van der Waals surface area contributed by atoms with E-state index >= 15 is 0 Å². The summed E-state index contributed by atoms with van der Waals surface area (Å²) in [6.45, 7) is 3.69. The summed E-state index contributed by atoms with van der Waals surface area (Å²) >= 11 is 12.3. The summed E-state index contributed by atoms with van der Waals surface area (Å²) in [6.07, 6.45) is 3.29. The monoisotopic (exact) mass is 475 g/mol. The molecule has 0 amide bonds. The van der Waals surface area contributed by atoms with Crippen molar-refractivity contribution in [3.63, 3.8) is 0 Å². The van der Waals surface area contributed by atoms with Gasteiger partial charge in [-0.25, -0.2) is 9.37 Å². The average molecular weight is 476 g/mol. The molecule has 2 aromatic carbocycles. The van der Waals surface area contributed by atoms with Crippen LogP contribution in [0.1, 0.15) is 31.4 Å². The fourth-order valence-electron chi connectivity index (χ4n) is 3.70. The molecule has 4 rings (SSSR count). The van der Waals surface area contributed by atoms with E-state index in [0.29, 0.717) is 16.3 Å². The van der Waals surface area contributed by atoms with Crippen molar-refractivity contribution in [1.82, 2.24) is 10.3 Å². The normalized spacial score (nSPS) is 15.4.